The van der Waals surface area contributed by atoms with Crippen molar-refractivity contribution in [1.82, 2.24) is 14.9 Å². The summed E-state index contributed by atoms with van der Waals surface area (Å²) >= 11 is 0. The molecule has 1 unspecified atom stereocenters. The van der Waals surface area contributed by atoms with Gasteiger partial charge >= 0.3 is 0 Å². The lowest BCUT2D eigenvalue weighted by molar-refractivity contribution is -0.143. The third-order valence-corrected chi connectivity index (χ3v) is 3.92. The zero-order valence-electron chi connectivity index (χ0n) is 13.5. The predicted molar refractivity (Wildman–Crippen MR) is 87.4 cm³/mol. The van der Waals surface area contributed by atoms with E-state index in [1.165, 1.54) is 0 Å². The standard InChI is InChI=1S/C18H21N3O2/c1-3-9-23-13(2)18(22)21-11-15-10-19-17(20-16(15)12-21)14-7-5-4-6-8-14/h4-8,10,13H,3,9,11-12H2,1-2H3. The van der Waals surface area contributed by atoms with Crippen LogP contribution in [-0.2, 0) is 22.6 Å². The Hall–Kier alpha value is -2.27. The van der Waals surface area contributed by atoms with Crippen LogP contribution in [0.1, 0.15) is 31.5 Å². The molecular formula is C18H21N3O2. The third kappa shape index (κ3) is 3.40. The van der Waals surface area contributed by atoms with Gasteiger partial charge in [-0.3, -0.25) is 4.79 Å². The number of carbonyl (C=O) groups is 1. The van der Waals surface area contributed by atoms with Crippen LogP contribution in [0.25, 0.3) is 11.4 Å². The van der Waals surface area contributed by atoms with E-state index in [-0.39, 0.29) is 5.91 Å². The van der Waals surface area contributed by atoms with E-state index >= 15 is 0 Å². The van der Waals surface area contributed by atoms with Gasteiger partial charge in [-0.1, -0.05) is 37.3 Å². The Morgan fingerprint density at radius 1 is 1.30 bits per heavy atom. The van der Waals surface area contributed by atoms with Gasteiger partial charge < -0.3 is 9.64 Å². The molecule has 2 aromatic rings. The lowest BCUT2D eigenvalue weighted by Gasteiger charge is -2.20. The molecule has 5 nitrogen and oxygen atoms in total. The fourth-order valence-electron chi connectivity index (χ4n) is 2.66. The SMILES string of the molecule is CCCOC(C)C(=O)N1Cc2cnc(-c3ccccc3)nc2C1. The topological polar surface area (TPSA) is 55.3 Å². The molecule has 1 amide bonds. The third-order valence-electron chi connectivity index (χ3n) is 3.92. The van der Waals surface area contributed by atoms with Crippen molar-refractivity contribution in [3.8, 4) is 11.4 Å². The van der Waals surface area contributed by atoms with Crippen molar-refractivity contribution in [2.75, 3.05) is 6.61 Å². The zero-order chi connectivity index (χ0) is 16.2. The van der Waals surface area contributed by atoms with Gasteiger partial charge in [-0.2, -0.15) is 0 Å². The molecule has 1 aromatic heterocycles. The van der Waals surface area contributed by atoms with Gasteiger partial charge in [-0.05, 0) is 13.3 Å². The highest BCUT2D eigenvalue weighted by molar-refractivity contribution is 5.81. The maximum atomic E-state index is 12.4. The van der Waals surface area contributed by atoms with Crippen LogP contribution >= 0.6 is 0 Å². The smallest absolute Gasteiger partial charge is 0.252 e. The van der Waals surface area contributed by atoms with Gasteiger partial charge in [0.15, 0.2) is 5.82 Å². The van der Waals surface area contributed by atoms with E-state index in [2.05, 4.69) is 9.97 Å². The molecule has 120 valence electrons. The number of aromatic nitrogens is 2. The van der Waals surface area contributed by atoms with Crippen LogP contribution in [0.2, 0.25) is 0 Å². The molecule has 23 heavy (non-hydrogen) atoms. The van der Waals surface area contributed by atoms with Crippen molar-refractivity contribution in [3.63, 3.8) is 0 Å². The Morgan fingerprint density at radius 3 is 2.83 bits per heavy atom. The van der Waals surface area contributed by atoms with E-state index in [0.29, 0.717) is 25.5 Å². The maximum absolute atomic E-state index is 12.4. The minimum atomic E-state index is -0.411. The summed E-state index contributed by atoms with van der Waals surface area (Å²) in [6.07, 6.45) is 2.32. The summed E-state index contributed by atoms with van der Waals surface area (Å²) < 4.78 is 5.53. The molecule has 1 aliphatic rings. The Morgan fingerprint density at radius 2 is 2.09 bits per heavy atom. The summed E-state index contributed by atoms with van der Waals surface area (Å²) in [6, 6.07) is 9.87. The average molecular weight is 311 g/mol. The highest BCUT2D eigenvalue weighted by atomic mass is 16.5. The van der Waals surface area contributed by atoms with Crippen molar-refractivity contribution >= 4 is 5.91 Å². The van der Waals surface area contributed by atoms with Crippen molar-refractivity contribution in [2.45, 2.75) is 39.5 Å². The number of hydrogen-bond donors (Lipinski definition) is 0. The molecule has 1 atom stereocenters. The average Bonchev–Trinajstić information content (AvgIpc) is 3.02. The first-order valence-corrected chi connectivity index (χ1v) is 7.99. The molecule has 0 bridgehead atoms. The van der Waals surface area contributed by atoms with Gasteiger partial charge in [0.2, 0.25) is 0 Å². The molecule has 0 aliphatic carbocycles. The normalized spacial score (nSPS) is 14.6. The van der Waals surface area contributed by atoms with Crippen LogP contribution in [0, 0.1) is 0 Å². The number of nitrogens with zero attached hydrogens (tertiary/aromatic N) is 3. The predicted octanol–water partition coefficient (Wildman–Crippen LogP) is 2.80. The number of hydrogen-bond acceptors (Lipinski definition) is 4. The number of fused-ring (bicyclic) bond motifs is 1. The summed E-state index contributed by atoms with van der Waals surface area (Å²) in [5.41, 5.74) is 2.93. The van der Waals surface area contributed by atoms with Crippen LogP contribution in [0.4, 0.5) is 0 Å². The summed E-state index contributed by atoms with van der Waals surface area (Å²) in [7, 11) is 0. The number of carbonyl (C=O) groups excluding carboxylic acids is 1. The number of rotatable bonds is 5. The highest BCUT2D eigenvalue weighted by Crippen LogP contribution is 2.24. The van der Waals surface area contributed by atoms with Gasteiger partial charge in [-0.15, -0.1) is 0 Å². The lowest BCUT2D eigenvalue weighted by atomic mass is 10.2. The quantitative estimate of drug-likeness (QED) is 0.852. The molecule has 3 rings (SSSR count). The van der Waals surface area contributed by atoms with Gasteiger partial charge in [-0.25, -0.2) is 9.97 Å². The van der Waals surface area contributed by atoms with Crippen molar-refractivity contribution < 1.29 is 9.53 Å². The number of amides is 1. The molecule has 0 saturated heterocycles. The van der Waals surface area contributed by atoms with Gasteiger partial charge in [0.05, 0.1) is 12.2 Å². The fourth-order valence-corrected chi connectivity index (χ4v) is 2.66. The summed E-state index contributed by atoms with van der Waals surface area (Å²) in [5.74, 6) is 0.714. The van der Waals surface area contributed by atoms with E-state index in [4.69, 9.17) is 4.74 Å². The van der Waals surface area contributed by atoms with Gasteiger partial charge in [0.1, 0.15) is 6.10 Å². The summed E-state index contributed by atoms with van der Waals surface area (Å²) in [5, 5.41) is 0. The first kappa shape index (κ1) is 15.6. The van der Waals surface area contributed by atoms with Crippen LogP contribution in [0.3, 0.4) is 0 Å². The van der Waals surface area contributed by atoms with Crippen molar-refractivity contribution in [2.24, 2.45) is 0 Å². The van der Waals surface area contributed by atoms with Gasteiger partial charge in [0, 0.05) is 30.5 Å². The van der Waals surface area contributed by atoms with Crippen LogP contribution in [0.15, 0.2) is 36.5 Å². The molecule has 0 N–H and O–H groups in total. The molecule has 5 heteroatoms. The highest BCUT2D eigenvalue weighted by Gasteiger charge is 2.28. The molecular weight excluding hydrogens is 290 g/mol. The molecule has 1 aromatic carbocycles. The number of ether oxygens (including phenoxy) is 1. The molecule has 1 aliphatic heterocycles. The Balaban J connectivity index is 1.73. The summed E-state index contributed by atoms with van der Waals surface area (Å²) in [4.78, 5) is 23.3. The lowest BCUT2D eigenvalue weighted by Crippen LogP contribution is -2.35. The van der Waals surface area contributed by atoms with Crippen LogP contribution < -0.4 is 0 Å². The van der Waals surface area contributed by atoms with E-state index < -0.39 is 6.10 Å². The largest absolute Gasteiger partial charge is 0.369 e. The maximum Gasteiger partial charge on any atom is 0.252 e. The molecule has 0 radical (unpaired) electrons. The van der Waals surface area contributed by atoms with Gasteiger partial charge in [0.25, 0.3) is 5.91 Å². The molecule has 2 heterocycles. The minimum Gasteiger partial charge on any atom is -0.369 e. The second kappa shape index (κ2) is 6.87. The van der Waals surface area contributed by atoms with E-state index in [9.17, 15) is 4.79 Å². The second-order valence-corrected chi connectivity index (χ2v) is 5.74. The van der Waals surface area contributed by atoms with E-state index in [1.54, 1.807) is 4.90 Å². The Bertz CT molecular complexity index is 688. The van der Waals surface area contributed by atoms with Crippen molar-refractivity contribution in [1.29, 1.82) is 0 Å². The summed E-state index contributed by atoms with van der Waals surface area (Å²) in [6.45, 7) is 5.52. The molecule has 0 spiro atoms. The van der Waals surface area contributed by atoms with E-state index in [1.807, 2.05) is 50.4 Å². The Kier molecular flexibility index (Phi) is 4.67. The minimum absolute atomic E-state index is 0.0118. The first-order chi connectivity index (χ1) is 11.2. The van der Waals surface area contributed by atoms with Crippen molar-refractivity contribution in [3.05, 3.63) is 47.8 Å². The van der Waals surface area contributed by atoms with E-state index in [0.717, 1.165) is 23.2 Å². The first-order valence-electron chi connectivity index (χ1n) is 7.99. The molecule has 0 saturated carbocycles. The monoisotopic (exact) mass is 311 g/mol. The van der Waals surface area contributed by atoms with Crippen LogP contribution in [-0.4, -0.2) is 33.5 Å². The fraction of sp³-hybridized carbons (Fsp3) is 0.389. The number of benzene rings is 1. The Labute approximate surface area is 136 Å². The second-order valence-electron chi connectivity index (χ2n) is 5.74. The zero-order valence-corrected chi connectivity index (χ0v) is 13.5. The van der Waals surface area contributed by atoms with Crippen LogP contribution in [0.5, 0.6) is 0 Å². The molecule has 0 fully saturated rings.